The standard InChI is InChI=1S/C19H19.C10H12SSi.2ClH.Zr/c1-19(2,3)16-12-10-15(11-13-16)18-9-5-7-14-6-4-8-17(14)18;1-6-10-9-7(11-6)4-5-8(9)12(10,2)3;;;/h4-13H,1-3H3;4-5,9H,1-3H3;2*1H;/q-1;;;;+3/p-2. The molecule has 0 aromatic heterocycles. The number of halogens is 2. The number of hydrogen-bond donors (Lipinski definition) is 0. The van der Waals surface area contributed by atoms with Gasteiger partial charge in [0.2, 0.25) is 0 Å². The first-order valence-corrected chi connectivity index (χ1v) is 15.1. The molecule has 0 bridgehead atoms. The molecule has 1 atom stereocenters. The number of rotatable bonds is 1. The summed E-state index contributed by atoms with van der Waals surface area (Å²) in [6, 6.07) is 22.0. The van der Waals surface area contributed by atoms with E-state index in [1.54, 1.807) is 15.0 Å². The van der Waals surface area contributed by atoms with Crippen molar-refractivity contribution in [2.24, 2.45) is 5.92 Å². The van der Waals surface area contributed by atoms with Gasteiger partial charge in [0.05, 0.1) is 0 Å². The predicted octanol–water partition coefficient (Wildman–Crippen LogP) is 2.78. The van der Waals surface area contributed by atoms with Crippen molar-refractivity contribution in [3.63, 3.8) is 0 Å². The molecule has 2 heterocycles. The van der Waals surface area contributed by atoms with E-state index in [4.69, 9.17) is 0 Å². The fraction of sp³-hybridized carbons (Fsp3) is 0.276. The minimum Gasteiger partial charge on any atom is -1.00 e. The average Bonchev–Trinajstić information content (AvgIpc) is 3.39. The summed E-state index contributed by atoms with van der Waals surface area (Å²) in [7, 11) is -1.06. The molecular formula is C29H31Cl2SSiZr. The van der Waals surface area contributed by atoms with Crippen molar-refractivity contribution in [3.05, 3.63) is 98.6 Å². The van der Waals surface area contributed by atoms with Crippen LogP contribution in [0.1, 0.15) is 33.3 Å². The Hall–Kier alpha value is -0.700. The molecule has 0 amide bonds. The molecule has 0 N–H and O–H groups in total. The normalized spacial score (nSPS) is 18.8. The van der Waals surface area contributed by atoms with Gasteiger partial charge in [-0.15, -0.1) is 29.0 Å². The van der Waals surface area contributed by atoms with Crippen LogP contribution in [0.25, 0.3) is 21.9 Å². The van der Waals surface area contributed by atoms with Gasteiger partial charge in [-0.3, -0.25) is 0 Å². The fourth-order valence-corrected chi connectivity index (χ4v) is 11.1. The molecule has 0 spiro atoms. The Kier molecular flexibility index (Phi) is 9.32. The second kappa shape index (κ2) is 10.7. The van der Waals surface area contributed by atoms with Gasteiger partial charge in [-0.25, -0.2) is 0 Å². The van der Waals surface area contributed by atoms with Gasteiger partial charge in [-0.05, 0) is 33.3 Å². The molecule has 5 heteroatoms. The second-order valence-electron chi connectivity index (χ2n) is 10.5. The largest absolute Gasteiger partial charge is 3.00 e. The molecule has 1 aliphatic carbocycles. The van der Waals surface area contributed by atoms with Gasteiger partial charge in [0.25, 0.3) is 0 Å². The molecule has 1 saturated heterocycles. The van der Waals surface area contributed by atoms with Crippen molar-refractivity contribution >= 4 is 30.6 Å². The zero-order chi connectivity index (χ0) is 22.0. The van der Waals surface area contributed by atoms with Crippen LogP contribution >= 0.6 is 11.8 Å². The van der Waals surface area contributed by atoms with Crippen LogP contribution in [0.2, 0.25) is 13.1 Å². The van der Waals surface area contributed by atoms with E-state index < -0.39 is 8.07 Å². The van der Waals surface area contributed by atoms with Crippen LogP contribution < -0.4 is 24.8 Å². The second-order valence-corrected chi connectivity index (χ2v) is 16.1. The van der Waals surface area contributed by atoms with Gasteiger partial charge in [-0.2, -0.15) is 12.1 Å². The first-order valence-electron chi connectivity index (χ1n) is 11.2. The van der Waals surface area contributed by atoms with E-state index in [1.165, 1.54) is 27.5 Å². The molecule has 3 aliphatic rings. The third kappa shape index (κ3) is 4.94. The summed E-state index contributed by atoms with van der Waals surface area (Å²) in [4.78, 5) is 3.21. The zero-order valence-electron chi connectivity index (χ0n) is 20.7. The van der Waals surface area contributed by atoms with Crippen molar-refractivity contribution in [2.45, 2.75) is 46.2 Å². The molecule has 0 nitrogen and oxygen atoms in total. The minimum absolute atomic E-state index is 0. The van der Waals surface area contributed by atoms with E-state index in [-0.39, 0.29) is 56.4 Å². The smallest absolute Gasteiger partial charge is 1.00 e. The summed E-state index contributed by atoms with van der Waals surface area (Å²) in [6.07, 6.45) is 4.72. The molecule has 3 aromatic rings. The van der Waals surface area contributed by atoms with Crippen LogP contribution in [0.4, 0.5) is 0 Å². The molecule has 1 unspecified atom stereocenters. The monoisotopic (exact) mass is 599 g/mol. The molecule has 3 aromatic carbocycles. The Balaban J connectivity index is 0.000000238. The van der Waals surface area contributed by atoms with Crippen LogP contribution in [0.3, 0.4) is 0 Å². The van der Waals surface area contributed by atoms with Gasteiger partial charge in [0.15, 0.2) is 0 Å². The molecule has 0 saturated carbocycles. The maximum Gasteiger partial charge on any atom is 3.00 e. The Morgan fingerprint density at radius 2 is 1.59 bits per heavy atom. The van der Waals surface area contributed by atoms with Crippen molar-refractivity contribution in [2.75, 3.05) is 0 Å². The first-order chi connectivity index (χ1) is 14.7. The topological polar surface area (TPSA) is 0 Å². The Morgan fingerprint density at radius 1 is 0.912 bits per heavy atom. The minimum atomic E-state index is -1.06. The number of allylic oxidation sites excluding steroid dienone is 6. The summed E-state index contributed by atoms with van der Waals surface area (Å²) in [5.41, 5.74) is 4.21. The molecule has 1 radical (unpaired) electrons. The van der Waals surface area contributed by atoms with Gasteiger partial charge in [0, 0.05) is 5.92 Å². The van der Waals surface area contributed by atoms with Crippen molar-refractivity contribution in [1.29, 1.82) is 0 Å². The van der Waals surface area contributed by atoms with Crippen LogP contribution in [-0.4, -0.2) is 8.07 Å². The van der Waals surface area contributed by atoms with Crippen molar-refractivity contribution in [3.8, 4) is 11.1 Å². The molecular weight excluding hydrogens is 571 g/mol. The van der Waals surface area contributed by atoms with Crippen LogP contribution in [0.15, 0.2) is 93.0 Å². The zero-order valence-corrected chi connectivity index (χ0v) is 26.5. The van der Waals surface area contributed by atoms with Crippen LogP contribution in [0.5, 0.6) is 0 Å². The van der Waals surface area contributed by atoms with E-state index in [0.717, 1.165) is 5.92 Å². The Bertz CT molecular complexity index is 1270. The number of fused-ring (bicyclic) bond motifs is 1. The van der Waals surface area contributed by atoms with Gasteiger partial charge >= 0.3 is 26.2 Å². The molecule has 175 valence electrons. The molecule has 6 rings (SSSR count). The SMILES string of the molecule is CC(C)(C)c1ccc(-c2cccc3[cH-]ccc23)cc1.CC1=C2C3C(=CC=C3[Si]2(C)C)S1.[Cl-].[Cl-].[Zr+3]. The average molecular weight is 602 g/mol. The van der Waals surface area contributed by atoms with Gasteiger partial charge < -0.3 is 24.8 Å². The summed E-state index contributed by atoms with van der Waals surface area (Å²) >= 11 is 2.01. The first kappa shape index (κ1) is 29.5. The molecule has 1 fully saturated rings. The summed E-state index contributed by atoms with van der Waals surface area (Å²) in [6.45, 7) is 14.0. The quantitative estimate of drug-likeness (QED) is 0.306. The third-order valence-corrected chi connectivity index (χ3v) is 12.3. The van der Waals surface area contributed by atoms with Crippen LogP contribution in [-0.2, 0) is 31.6 Å². The third-order valence-electron chi connectivity index (χ3n) is 7.10. The number of benzene rings is 2. The predicted molar refractivity (Wildman–Crippen MR) is 141 cm³/mol. The molecule has 2 aliphatic heterocycles. The van der Waals surface area contributed by atoms with Crippen molar-refractivity contribution in [1.82, 2.24) is 0 Å². The summed E-state index contributed by atoms with van der Waals surface area (Å²) in [5, 5.41) is 6.25. The number of thioether (sulfide) groups is 1. The molecule has 34 heavy (non-hydrogen) atoms. The van der Waals surface area contributed by atoms with E-state index in [0.29, 0.717) is 0 Å². The van der Waals surface area contributed by atoms with Crippen molar-refractivity contribution < 1.29 is 51.0 Å². The fourth-order valence-electron chi connectivity index (χ4n) is 5.36. The van der Waals surface area contributed by atoms with E-state index >= 15 is 0 Å². The summed E-state index contributed by atoms with van der Waals surface area (Å²) < 4.78 is 0. The van der Waals surface area contributed by atoms with E-state index in [9.17, 15) is 0 Å². The van der Waals surface area contributed by atoms with E-state index in [1.807, 2.05) is 17.0 Å². The van der Waals surface area contributed by atoms with E-state index in [2.05, 4.69) is 114 Å². The Labute approximate surface area is 241 Å². The van der Waals surface area contributed by atoms with Gasteiger partial charge in [-0.1, -0.05) is 104 Å². The van der Waals surface area contributed by atoms with Crippen LogP contribution in [0, 0.1) is 5.92 Å². The van der Waals surface area contributed by atoms with Gasteiger partial charge in [0.1, 0.15) is 8.07 Å². The number of hydrogen-bond acceptors (Lipinski definition) is 1. The maximum atomic E-state index is 2.48. The maximum absolute atomic E-state index is 2.48. The summed E-state index contributed by atoms with van der Waals surface area (Å²) in [5.74, 6) is 0.789. The Morgan fingerprint density at radius 3 is 2.24 bits per heavy atom.